The summed E-state index contributed by atoms with van der Waals surface area (Å²) in [7, 11) is -0.992. The van der Waals surface area contributed by atoms with Gasteiger partial charge in [-0.15, -0.1) is 0 Å². The van der Waals surface area contributed by atoms with Crippen LogP contribution >= 0.6 is 0 Å². The molecule has 5 heteroatoms. The molecule has 31 heavy (non-hydrogen) atoms. The third kappa shape index (κ3) is 2.97. The number of rotatable bonds is 5. The van der Waals surface area contributed by atoms with E-state index in [0.29, 0.717) is 0 Å². The summed E-state index contributed by atoms with van der Waals surface area (Å²) in [5.41, 5.74) is 5.91. The first-order valence-corrected chi connectivity index (χ1v) is 12.7. The number of hydrogen-bond acceptors (Lipinski definition) is 3. The highest BCUT2D eigenvalue weighted by atomic mass is 32.2. The molecule has 0 bridgehead atoms. The van der Waals surface area contributed by atoms with Crippen LogP contribution in [-0.4, -0.2) is 34.7 Å². The Morgan fingerprint density at radius 2 is 1.97 bits per heavy atom. The molecular formula is C26H28N2O2S. The molecule has 4 aliphatic rings. The van der Waals surface area contributed by atoms with E-state index in [1.807, 2.05) is 18.2 Å². The van der Waals surface area contributed by atoms with Gasteiger partial charge in [0.05, 0.1) is 21.1 Å². The van der Waals surface area contributed by atoms with Crippen LogP contribution < -0.4 is 5.32 Å². The van der Waals surface area contributed by atoms with Gasteiger partial charge >= 0.3 is 0 Å². The number of benzene rings is 2. The smallest absolute Gasteiger partial charge is 0.235 e. The number of carbonyl (C=O) groups is 1. The van der Waals surface area contributed by atoms with Crippen LogP contribution in [0.5, 0.6) is 0 Å². The van der Waals surface area contributed by atoms with Gasteiger partial charge in [0.15, 0.2) is 0 Å². The molecule has 1 N–H and O–H groups in total. The lowest BCUT2D eigenvalue weighted by atomic mass is 9.68. The Hall–Kier alpha value is -2.24. The number of hydrogen-bond donors (Lipinski definition) is 1. The van der Waals surface area contributed by atoms with Crippen molar-refractivity contribution < 1.29 is 9.00 Å². The number of fused-ring (bicyclic) bond motifs is 2. The van der Waals surface area contributed by atoms with Crippen molar-refractivity contribution in [3.63, 3.8) is 0 Å². The van der Waals surface area contributed by atoms with Gasteiger partial charge in [0.25, 0.3) is 0 Å². The zero-order chi connectivity index (χ0) is 21.0. The van der Waals surface area contributed by atoms with E-state index in [1.165, 1.54) is 22.3 Å². The normalized spacial score (nSPS) is 26.5. The standard InChI is InChI=1S/C26H28N2O2S/c29-25-26(14-6-8-18-7-5-10-21(27-25)24(18)26)13-3-4-15-28-16-12-20-19-9-1-2-11-22(19)31(30)23(20)17-28/h1-2,5,7,9-11H,3-4,6,8,12-17H2,(H,27,29). The Balaban J connectivity index is 1.10. The molecule has 0 radical (unpaired) electrons. The van der Waals surface area contributed by atoms with Gasteiger partial charge in [-0.05, 0) is 79.5 Å². The van der Waals surface area contributed by atoms with Crippen molar-refractivity contribution in [1.82, 2.24) is 4.90 Å². The summed E-state index contributed by atoms with van der Waals surface area (Å²) in [5, 5.41) is 3.16. The lowest BCUT2D eigenvalue weighted by Crippen LogP contribution is -2.37. The molecule has 0 saturated carbocycles. The molecule has 0 aromatic heterocycles. The highest BCUT2D eigenvalue weighted by Gasteiger charge is 2.48. The Morgan fingerprint density at radius 1 is 1.06 bits per heavy atom. The van der Waals surface area contributed by atoms with Gasteiger partial charge in [-0.25, -0.2) is 4.21 Å². The summed E-state index contributed by atoms with van der Waals surface area (Å²) in [6, 6.07) is 14.5. The van der Waals surface area contributed by atoms with Gasteiger partial charge in [-0.1, -0.05) is 36.8 Å². The Labute approximate surface area is 186 Å². The third-order valence-electron chi connectivity index (χ3n) is 7.71. The fourth-order valence-corrected chi connectivity index (χ4v) is 7.82. The second-order valence-corrected chi connectivity index (χ2v) is 10.8. The number of unbranched alkanes of at least 4 members (excludes halogenated alkanes) is 1. The average Bonchev–Trinajstić information content (AvgIpc) is 3.25. The van der Waals surface area contributed by atoms with Crippen molar-refractivity contribution in [2.24, 2.45) is 0 Å². The molecule has 2 aromatic rings. The maximum absolute atomic E-state index is 13.0. The predicted octanol–water partition coefficient (Wildman–Crippen LogP) is 4.62. The molecule has 0 spiro atoms. The van der Waals surface area contributed by atoms with E-state index in [4.69, 9.17) is 0 Å². The van der Waals surface area contributed by atoms with Gasteiger partial charge in [0.2, 0.25) is 5.91 Å². The second kappa shape index (κ2) is 7.42. The molecule has 4 nitrogen and oxygen atoms in total. The zero-order valence-corrected chi connectivity index (χ0v) is 18.6. The van der Waals surface area contributed by atoms with Crippen molar-refractivity contribution in [2.45, 2.75) is 55.3 Å². The lowest BCUT2D eigenvalue weighted by molar-refractivity contribution is -0.121. The summed E-state index contributed by atoms with van der Waals surface area (Å²) in [6.07, 6.45) is 7.20. The van der Waals surface area contributed by atoms with Crippen LogP contribution in [0.15, 0.2) is 52.3 Å². The highest BCUT2D eigenvalue weighted by molar-refractivity contribution is 7.89. The molecule has 1 amide bonds. The summed E-state index contributed by atoms with van der Waals surface area (Å²) >= 11 is 0. The minimum Gasteiger partial charge on any atom is -0.325 e. The van der Waals surface area contributed by atoms with E-state index in [0.717, 1.165) is 80.1 Å². The van der Waals surface area contributed by atoms with Gasteiger partial charge in [0, 0.05) is 23.7 Å². The Kier molecular flexibility index (Phi) is 4.65. The molecule has 3 heterocycles. The van der Waals surface area contributed by atoms with Crippen molar-refractivity contribution in [1.29, 1.82) is 0 Å². The lowest BCUT2D eigenvalue weighted by Gasteiger charge is -2.33. The van der Waals surface area contributed by atoms with E-state index in [-0.39, 0.29) is 11.3 Å². The van der Waals surface area contributed by atoms with Crippen LogP contribution in [-0.2, 0) is 27.4 Å². The number of amides is 1. The van der Waals surface area contributed by atoms with E-state index >= 15 is 0 Å². The molecule has 2 unspecified atom stereocenters. The molecule has 0 saturated heterocycles. The van der Waals surface area contributed by atoms with Crippen LogP contribution in [0.25, 0.3) is 5.57 Å². The minimum atomic E-state index is -0.992. The third-order valence-corrected chi connectivity index (χ3v) is 9.29. The van der Waals surface area contributed by atoms with Crippen molar-refractivity contribution in [3.05, 3.63) is 64.1 Å². The second-order valence-electron chi connectivity index (χ2n) is 9.38. The summed E-state index contributed by atoms with van der Waals surface area (Å²) < 4.78 is 12.9. The molecule has 1 aliphatic carbocycles. The van der Waals surface area contributed by atoms with E-state index in [2.05, 4.69) is 34.5 Å². The quantitative estimate of drug-likeness (QED) is 0.702. The van der Waals surface area contributed by atoms with Crippen LogP contribution in [0.4, 0.5) is 5.69 Å². The molecule has 2 aromatic carbocycles. The van der Waals surface area contributed by atoms with Crippen LogP contribution in [0.1, 0.15) is 55.2 Å². The predicted molar refractivity (Wildman–Crippen MR) is 124 cm³/mol. The Morgan fingerprint density at radius 3 is 2.90 bits per heavy atom. The fraction of sp³-hybridized carbons (Fsp3) is 0.423. The molecule has 6 rings (SSSR count). The molecule has 0 fully saturated rings. The number of nitrogens with one attached hydrogen (secondary N) is 1. The van der Waals surface area contributed by atoms with Crippen molar-refractivity contribution >= 4 is 28.0 Å². The maximum Gasteiger partial charge on any atom is 0.235 e. The van der Waals surface area contributed by atoms with Crippen LogP contribution in [0, 0.1) is 0 Å². The highest BCUT2D eigenvalue weighted by Crippen LogP contribution is 2.49. The molecular weight excluding hydrogens is 404 g/mol. The molecule has 2 atom stereocenters. The van der Waals surface area contributed by atoms with Crippen molar-refractivity contribution in [3.8, 4) is 0 Å². The maximum atomic E-state index is 13.0. The largest absolute Gasteiger partial charge is 0.325 e. The summed E-state index contributed by atoms with van der Waals surface area (Å²) in [4.78, 5) is 17.5. The molecule has 3 aliphatic heterocycles. The summed E-state index contributed by atoms with van der Waals surface area (Å²) in [5.74, 6) is 0.210. The molecule has 160 valence electrons. The van der Waals surface area contributed by atoms with E-state index in [1.54, 1.807) is 0 Å². The number of nitrogens with zero attached hydrogens (tertiary/aromatic N) is 1. The SMILES string of the molecule is O=C1Nc2cccc3c2C1(CCCCN1CCC2=C(C1)S(=O)c1ccccc12)CCC3. The topological polar surface area (TPSA) is 49.4 Å². The minimum absolute atomic E-state index is 0.210. The van der Waals surface area contributed by atoms with Crippen LogP contribution in [0.3, 0.4) is 0 Å². The Bertz CT molecular complexity index is 1140. The number of carbonyl (C=O) groups excluding carboxylic acids is 1. The average molecular weight is 433 g/mol. The first kappa shape index (κ1) is 19.4. The monoisotopic (exact) mass is 432 g/mol. The van der Waals surface area contributed by atoms with Gasteiger partial charge in [-0.2, -0.15) is 0 Å². The van der Waals surface area contributed by atoms with E-state index in [9.17, 15) is 9.00 Å². The summed E-state index contributed by atoms with van der Waals surface area (Å²) in [6.45, 7) is 2.86. The first-order chi connectivity index (χ1) is 15.2. The van der Waals surface area contributed by atoms with Gasteiger partial charge < -0.3 is 5.32 Å². The zero-order valence-electron chi connectivity index (χ0n) is 17.8. The van der Waals surface area contributed by atoms with Gasteiger partial charge in [-0.3, -0.25) is 9.69 Å². The first-order valence-electron chi connectivity index (χ1n) is 11.6. The number of anilines is 1. The number of aryl methyl sites for hydroxylation is 1. The van der Waals surface area contributed by atoms with Crippen molar-refractivity contribution in [2.75, 3.05) is 25.0 Å². The van der Waals surface area contributed by atoms with E-state index < -0.39 is 10.8 Å². The van der Waals surface area contributed by atoms with Gasteiger partial charge in [0.1, 0.15) is 0 Å². The fourth-order valence-electron chi connectivity index (χ4n) is 6.22. The van der Waals surface area contributed by atoms with Crippen LogP contribution in [0.2, 0.25) is 0 Å².